The molecule has 1 N–H and O–H groups in total. The summed E-state index contributed by atoms with van der Waals surface area (Å²) < 4.78 is 0. The molecular weight excluding hydrogens is 224 g/mol. The number of carbonyl (C=O) groups is 2. The summed E-state index contributed by atoms with van der Waals surface area (Å²) in [6, 6.07) is 6.37. The summed E-state index contributed by atoms with van der Waals surface area (Å²) in [5.41, 5.74) is 2.61. The summed E-state index contributed by atoms with van der Waals surface area (Å²) in [5.74, 6) is -2.19. The van der Waals surface area contributed by atoms with E-state index in [1.54, 1.807) is 24.3 Å². The highest BCUT2D eigenvalue weighted by Crippen LogP contribution is 2.18. The molecule has 0 saturated carbocycles. The number of nitrogens with one attached hydrogen (secondary N) is 1. The first-order valence-electron chi connectivity index (χ1n) is 3.91. The van der Waals surface area contributed by atoms with Gasteiger partial charge < -0.3 is 9.68 Å². The Morgan fingerprint density at radius 3 is 2.40 bits per heavy atom. The molecule has 1 heterocycles. The average Bonchev–Trinajstić information content (AvgIpc) is 2.23. The van der Waals surface area contributed by atoms with Crippen LogP contribution in [0.15, 0.2) is 24.3 Å². The lowest BCUT2D eigenvalue weighted by Crippen LogP contribution is -2.49. The largest absolute Gasteiger partial charge is 0.444 e. The van der Waals surface area contributed by atoms with Crippen molar-refractivity contribution < 1.29 is 19.3 Å². The van der Waals surface area contributed by atoms with Gasteiger partial charge >= 0.3 is 11.9 Å². The Bertz CT molecular complexity index is 406. The van der Waals surface area contributed by atoms with Crippen molar-refractivity contribution in [3.05, 3.63) is 29.3 Å². The fourth-order valence-electron chi connectivity index (χ4n) is 0.945. The van der Waals surface area contributed by atoms with Crippen molar-refractivity contribution in [1.82, 2.24) is 5.59 Å². The Hall–Kier alpha value is -1.79. The van der Waals surface area contributed by atoms with Crippen LogP contribution in [0.25, 0.3) is 0 Å². The van der Waals surface area contributed by atoms with Gasteiger partial charge in [0, 0.05) is 5.02 Å². The van der Waals surface area contributed by atoms with Crippen LogP contribution in [0, 0.1) is 0 Å². The number of hydrogen-bond acceptors (Lipinski definition) is 6. The second kappa shape index (κ2) is 3.76. The smallest absolute Gasteiger partial charge is 0.338 e. The van der Waals surface area contributed by atoms with Gasteiger partial charge in [0.25, 0.3) is 0 Å². The molecule has 78 valence electrons. The normalized spacial score (nSPS) is 15.9. The van der Waals surface area contributed by atoms with Gasteiger partial charge in [-0.1, -0.05) is 11.6 Å². The first-order valence-corrected chi connectivity index (χ1v) is 4.29. The summed E-state index contributed by atoms with van der Waals surface area (Å²) in [6.07, 6.45) is 0. The topological polar surface area (TPSA) is 67.9 Å². The Labute approximate surface area is 89.2 Å². The van der Waals surface area contributed by atoms with E-state index in [-0.39, 0.29) is 0 Å². The molecule has 15 heavy (non-hydrogen) atoms. The molecule has 1 fully saturated rings. The van der Waals surface area contributed by atoms with E-state index < -0.39 is 11.9 Å². The Morgan fingerprint density at radius 2 is 1.80 bits per heavy atom. The zero-order valence-corrected chi connectivity index (χ0v) is 8.02. The summed E-state index contributed by atoms with van der Waals surface area (Å²) in [5, 5.41) is 1.46. The zero-order chi connectivity index (χ0) is 10.8. The van der Waals surface area contributed by atoms with Crippen molar-refractivity contribution in [2.75, 3.05) is 5.17 Å². The van der Waals surface area contributed by atoms with Crippen molar-refractivity contribution in [1.29, 1.82) is 0 Å². The van der Waals surface area contributed by atoms with E-state index in [1.165, 1.54) is 0 Å². The van der Waals surface area contributed by atoms with Gasteiger partial charge in [0.05, 0.1) is 5.69 Å². The van der Waals surface area contributed by atoms with E-state index >= 15 is 0 Å². The molecule has 7 heteroatoms. The van der Waals surface area contributed by atoms with Gasteiger partial charge in [0.2, 0.25) is 0 Å². The Morgan fingerprint density at radius 1 is 1.13 bits per heavy atom. The van der Waals surface area contributed by atoms with Crippen LogP contribution in [-0.2, 0) is 19.3 Å². The number of hydrazine groups is 1. The highest BCUT2D eigenvalue weighted by atomic mass is 35.5. The number of rotatable bonds is 1. The van der Waals surface area contributed by atoms with Gasteiger partial charge in [-0.25, -0.2) is 9.59 Å². The van der Waals surface area contributed by atoms with Gasteiger partial charge in [-0.2, -0.15) is 0 Å². The van der Waals surface area contributed by atoms with Crippen LogP contribution < -0.4 is 10.8 Å². The first-order chi connectivity index (χ1) is 7.16. The van der Waals surface area contributed by atoms with Crippen molar-refractivity contribution >= 4 is 29.2 Å². The Balaban J connectivity index is 2.15. The van der Waals surface area contributed by atoms with Crippen molar-refractivity contribution in [2.45, 2.75) is 0 Å². The van der Waals surface area contributed by atoms with Crippen LogP contribution >= 0.6 is 11.6 Å². The maximum absolute atomic E-state index is 10.8. The van der Waals surface area contributed by atoms with Gasteiger partial charge in [-0.3, -0.25) is 0 Å². The van der Waals surface area contributed by atoms with Crippen molar-refractivity contribution in [2.24, 2.45) is 0 Å². The molecule has 2 rings (SSSR count). The minimum absolute atomic E-state index is 0.472. The quantitative estimate of drug-likeness (QED) is 0.710. The molecule has 6 nitrogen and oxygen atoms in total. The van der Waals surface area contributed by atoms with Crippen LogP contribution in [0.5, 0.6) is 0 Å². The molecule has 0 amide bonds. The molecule has 0 spiro atoms. The number of carbonyl (C=O) groups excluding carboxylic acids is 2. The second-order valence-electron chi connectivity index (χ2n) is 2.63. The van der Waals surface area contributed by atoms with Gasteiger partial charge in [-0.15, -0.1) is 5.17 Å². The summed E-state index contributed by atoms with van der Waals surface area (Å²) >= 11 is 5.67. The predicted molar refractivity (Wildman–Crippen MR) is 49.3 cm³/mol. The lowest BCUT2D eigenvalue weighted by Gasteiger charge is -2.25. The highest BCUT2D eigenvalue weighted by molar-refractivity contribution is 6.30. The fourth-order valence-corrected chi connectivity index (χ4v) is 1.07. The monoisotopic (exact) mass is 228 g/mol. The minimum Gasteiger partial charge on any atom is -0.338 e. The summed E-state index contributed by atoms with van der Waals surface area (Å²) in [4.78, 5) is 30.4. The first kappa shape index (κ1) is 9.75. The van der Waals surface area contributed by atoms with E-state index in [4.69, 9.17) is 11.6 Å². The molecule has 0 aromatic heterocycles. The number of nitrogens with zero attached hydrogens (tertiary/aromatic N) is 1. The van der Waals surface area contributed by atoms with E-state index in [0.29, 0.717) is 10.7 Å². The maximum Gasteiger partial charge on any atom is 0.444 e. The standard InChI is InChI=1S/C8H5ClN2O4/c9-5-1-3-6(4-2-5)11-10-14-7(12)8(13)15-11/h1-4,10H. The van der Waals surface area contributed by atoms with Crippen LogP contribution in [0.2, 0.25) is 5.02 Å². The van der Waals surface area contributed by atoms with Gasteiger partial charge in [0.15, 0.2) is 0 Å². The number of anilines is 1. The lowest BCUT2D eigenvalue weighted by molar-refractivity contribution is -0.192. The average molecular weight is 229 g/mol. The van der Waals surface area contributed by atoms with Crippen LogP contribution in [0.4, 0.5) is 5.69 Å². The molecule has 1 saturated heterocycles. The number of halogens is 1. The number of benzene rings is 1. The zero-order valence-electron chi connectivity index (χ0n) is 7.27. The van der Waals surface area contributed by atoms with Crippen LogP contribution in [0.1, 0.15) is 0 Å². The second-order valence-corrected chi connectivity index (χ2v) is 3.07. The van der Waals surface area contributed by atoms with E-state index in [0.717, 1.165) is 5.17 Å². The molecule has 0 bridgehead atoms. The highest BCUT2D eigenvalue weighted by Gasteiger charge is 2.29. The van der Waals surface area contributed by atoms with Crippen molar-refractivity contribution in [3.63, 3.8) is 0 Å². The summed E-state index contributed by atoms with van der Waals surface area (Å²) in [7, 11) is 0. The SMILES string of the molecule is O=C1ONN(c2ccc(Cl)cc2)OC1=O. The fraction of sp³-hybridized carbons (Fsp3) is 0. The number of hydrogen-bond donors (Lipinski definition) is 1. The molecule has 0 aliphatic carbocycles. The third-order valence-corrected chi connectivity index (χ3v) is 1.88. The minimum atomic E-state index is -1.10. The molecule has 0 unspecified atom stereocenters. The van der Waals surface area contributed by atoms with Gasteiger partial charge in [0.1, 0.15) is 0 Å². The van der Waals surface area contributed by atoms with E-state index in [1.807, 2.05) is 0 Å². The third-order valence-electron chi connectivity index (χ3n) is 1.62. The molecule has 0 atom stereocenters. The van der Waals surface area contributed by atoms with Gasteiger partial charge in [-0.05, 0) is 29.9 Å². The predicted octanol–water partition coefficient (Wildman–Crippen LogP) is 0.581. The Kier molecular flexibility index (Phi) is 2.44. The molecule has 1 aliphatic rings. The maximum atomic E-state index is 10.8. The molecular formula is C8H5ClN2O4. The third kappa shape index (κ3) is 2.00. The van der Waals surface area contributed by atoms with Crippen molar-refractivity contribution in [3.8, 4) is 0 Å². The van der Waals surface area contributed by atoms with E-state index in [2.05, 4.69) is 15.3 Å². The lowest BCUT2D eigenvalue weighted by atomic mass is 10.3. The van der Waals surface area contributed by atoms with Crippen LogP contribution in [0.3, 0.4) is 0 Å². The van der Waals surface area contributed by atoms with Crippen LogP contribution in [-0.4, -0.2) is 11.9 Å². The van der Waals surface area contributed by atoms with E-state index in [9.17, 15) is 9.59 Å². The molecule has 0 radical (unpaired) electrons. The molecule has 1 aliphatic heterocycles. The molecule has 1 aromatic carbocycles. The summed E-state index contributed by atoms with van der Waals surface area (Å²) in [6.45, 7) is 0. The molecule has 1 aromatic rings.